The zero-order valence-corrected chi connectivity index (χ0v) is 17.7. The molecule has 6 nitrogen and oxygen atoms in total. The normalized spacial score (nSPS) is 15.4. The second-order valence-corrected chi connectivity index (χ2v) is 9.58. The number of furan rings is 2. The highest BCUT2D eigenvalue weighted by molar-refractivity contribution is 7.89. The van der Waals surface area contributed by atoms with Gasteiger partial charge in [0.2, 0.25) is 5.09 Å². The second-order valence-electron chi connectivity index (χ2n) is 7.28. The number of halogens is 1. The highest BCUT2D eigenvalue weighted by atomic mass is 35.5. The van der Waals surface area contributed by atoms with E-state index in [-0.39, 0.29) is 5.09 Å². The predicted octanol–water partition coefficient (Wildman–Crippen LogP) is 4.61. The first-order chi connectivity index (χ1) is 13.9. The molecule has 4 rings (SSSR count). The number of hydrogen-bond acceptors (Lipinski definition) is 5. The van der Waals surface area contributed by atoms with Gasteiger partial charge in [-0.25, -0.2) is 8.42 Å². The van der Waals surface area contributed by atoms with Crippen molar-refractivity contribution in [3.8, 4) is 11.3 Å². The Balaban J connectivity index is 1.38. The van der Waals surface area contributed by atoms with E-state index in [2.05, 4.69) is 0 Å². The van der Waals surface area contributed by atoms with Gasteiger partial charge in [0, 0.05) is 23.7 Å². The summed E-state index contributed by atoms with van der Waals surface area (Å²) in [4.78, 5) is 2.01. The lowest BCUT2D eigenvalue weighted by atomic mass is 10.2. The smallest absolute Gasteiger partial charge is 0.276 e. The van der Waals surface area contributed by atoms with Crippen molar-refractivity contribution >= 4 is 21.6 Å². The Bertz CT molecular complexity index is 1070. The Kier molecular flexibility index (Phi) is 5.83. The average Bonchev–Trinajstić information content (AvgIpc) is 3.44. The number of hydrogen-bond donors (Lipinski definition) is 0. The van der Waals surface area contributed by atoms with Gasteiger partial charge in [0.25, 0.3) is 10.0 Å². The van der Waals surface area contributed by atoms with Gasteiger partial charge in [-0.05, 0) is 68.4 Å². The van der Waals surface area contributed by atoms with Crippen molar-refractivity contribution in [3.05, 3.63) is 65.1 Å². The van der Waals surface area contributed by atoms with Crippen molar-refractivity contribution in [1.29, 1.82) is 0 Å². The lowest BCUT2D eigenvalue weighted by Gasteiger charge is -2.14. The number of nitrogens with zero attached hydrogens (tertiary/aromatic N) is 2. The molecule has 0 radical (unpaired) electrons. The van der Waals surface area contributed by atoms with Crippen LogP contribution in [-0.2, 0) is 23.1 Å². The summed E-state index contributed by atoms with van der Waals surface area (Å²) in [5.41, 5.74) is 0.964. The molecule has 1 aliphatic rings. The molecule has 0 atom stereocenters. The molecule has 154 valence electrons. The second kappa shape index (κ2) is 8.36. The summed E-state index contributed by atoms with van der Waals surface area (Å²) in [6.07, 6.45) is 1.80. The first kappa shape index (κ1) is 20.2. The van der Waals surface area contributed by atoms with Crippen molar-refractivity contribution in [1.82, 2.24) is 9.21 Å². The van der Waals surface area contributed by atoms with Crippen molar-refractivity contribution in [2.45, 2.75) is 31.0 Å². The molecular weight excluding hydrogens is 412 g/mol. The van der Waals surface area contributed by atoms with Crippen LogP contribution in [0.5, 0.6) is 0 Å². The minimum absolute atomic E-state index is 0.0193. The van der Waals surface area contributed by atoms with Gasteiger partial charge >= 0.3 is 0 Å². The van der Waals surface area contributed by atoms with Crippen molar-refractivity contribution < 1.29 is 17.3 Å². The maximum absolute atomic E-state index is 12.6. The fraction of sp³-hybridized carbons (Fsp3) is 0.333. The molecule has 2 aromatic heterocycles. The van der Waals surface area contributed by atoms with Crippen LogP contribution < -0.4 is 0 Å². The van der Waals surface area contributed by atoms with Gasteiger partial charge in [0.1, 0.15) is 17.3 Å². The summed E-state index contributed by atoms with van der Waals surface area (Å²) in [7, 11) is -1.59. The van der Waals surface area contributed by atoms with Gasteiger partial charge in [-0.1, -0.05) is 11.6 Å². The van der Waals surface area contributed by atoms with E-state index in [1.165, 1.54) is 4.31 Å². The van der Waals surface area contributed by atoms with E-state index < -0.39 is 10.0 Å². The van der Waals surface area contributed by atoms with Crippen LogP contribution in [-0.4, -0.2) is 37.8 Å². The summed E-state index contributed by atoms with van der Waals surface area (Å²) in [5, 5.41) is 0.704. The summed E-state index contributed by atoms with van der Waals surface area (Å²) in [5.74, 6) is 2.20. The maximum atomic E-state index is 12.6. The first-order valence-corrected chi connectivity index (χ1v) is 11.4. The number of sulfonamides is 1. The third-order valence-corrected chi connectivity index (χ3v) is 6.96. The fourth-order valence-electron chi connectivity index (χ4n) is 3.46. The Morgan fingerprint density at radius 2 is 1.55 bits per heavy atom. The average molecular weight is 435 g/mol. The Morgan fingerprint density at radius 1 is 0.931 bits per heavy atom. The largest absolute Gasteiger partial charge is 0.460 e. The number of rotatable bonds is 7. The zero-order chi connectivity index (χ0) is 20.4. The van der Waals surface area contributed by atoms with E-state index in [1.807, 2.05) is 48.3 Å². The van der Waals surface area contributed by atoms with Gasteiger partial charge in [-0.3, -0.25) is 4.90 Å². The molecule has 29 heavy (non-hydrogen) atoms. The lowest BCUT2D eigenvalue weighted by Crippen LogP contribution is -2.27. The molecule has 3 heterocycles. The van der Waals surface area contributed by atoms with Crippen LogP contribution in [0.15, 0.2) is 62.5 Å². The van der Waals surface area contributed by atoms with E-state index in [9.17, 15) is 8.42 Å². The molecule has 0 spiro atoms. The number of benzene rings is 1. The Labute approximate surface area is 175 Å². The van der Waals surface area contributed by atoms with Crippen LogP contribution in [0.1, 0.15) is 24.4 Å². The van der Waals surface area contributed by atoms with Gasteiger partial charge in [0.05, 0.1) is 13.1 Å². The predicted molar refractivity (Wildman–Crippen MR) is 111 cm³/mol. The molecule has 8 heteroatoms. The SMILES string of the molecule is CN(Cc1ccc(-c2ccc(Cl)cc2)o1)Cc1ccc(S(=O)(=O)N2CCCC2)o1. The van der Waals surface area contributed by atoms with Crippen LogP contribution >= 0.6 is 11.6 Å². The maximum Gasteiger partial charge on any atom is 0.276 e. The molecule has 0 bridgehead atoms. The van der Waals surface area contributed by atoms with Crippen LogP contribution in [0, 0.1) is 0 Å². The molecule has 1 aliphatic heterocycles. The van der Waals surface area contributed by atoms with Crippen molar-refractivity contribution in [2.24, 2.45) is 0 Å². The summed E-state index contributed by atoms with van der Waals surface area (Å²) in [6, 6.07) is 14.6. The van der Waals surface area contributed by atoms with Gasteiger partial charge in [-0.2, -0.15) is 4.31 Å². The third kappa shape index (κ3) is 4.59. The third-order valence-electron chi connectivity index (χ3n) is 4.94. The molecule has 3 aromatic rings. The quantitative estimate of drug-likeness (QED) is 0.543. The molecule has 0 N–H and O–H groups in total. The lowest BCUT2D eigenvalue weighted by molar-refractivity contribution is 0.255. The summed E-state index contributed by atoms with van der Waals surface area (Å²) >= 11 is 5.93. The molecule has 1 aromatic carbocycles. The highest BCUT2D eigenvalue weighted by Crippen LogP contribution is 2.26. The minimum Gasteiger partial charge on any atom is -0.460 e. The molecule has 0 aliphatic carbocycles. The van der Waals surface area contributed by atoms with Gasteiger partial charge in [0.15, 0.2) is 0 Å². The van der Waals surface area contributed by atoms with Gasteiger partial charge in [-0.15, -0.1) is 0 Å². The van der Waals surface area contributed by atoms with Crippen molar-refractivity contribution in [3.63, 3.8) is 0 Å². The minimum atomic E-state index is -3.52. The molecule has 0 amide bonds. The van der Waals surface area contributed by atoms with Crippen LogP contribution in [0.2, 0.25) is 5.02 Å². The Morgan fingerprint density at radius 3 is 2.24 bits per heavy atom. The monoisotopic (exact) mass is 434 g/mol. The Hall–Kier alpha value is -2.06. The standard InChI is InChI=1S/C21H23ClN2O4S/c1-23(14-18-8-10-20(27-18)16-4-6-17(22)7-5-16)15-19-9-11-21(28-19)29(25,26)24-12-2-3-13-24/h4-11H,2-3,12-15H2,1H3. The zero-order valence-electron chi connectivity index (χ0n) is 16.2. The van der Waals surface area contributed by atoms with Crippen LogP contribution in [0.4, 0.5) is 0 Å². The molecular formula is C21H23ClN2O4S. The fourth-order valence-corrected chi connectivity index (χ4v) is 5.03. The van der Waals surface area contributed by atoms with E-state index in [4.69, 9.17) is 20.4 Å². The first-order valence-electron chi connectivity index (χ1n) is 9.54. The van der Waals surface area contributed by atoms with Crippen LogP contribution in [0.3, 0.4) is 0 Å². The molecule has 0 unspecified atom stereocenters. The van der Waals surface area contributed by atoms with Gasteiger partial charge < -0.3 is 8.83 Å². The van der Waals surface area contributed by atoms with E-state index in [0.29, 0.717) is 37.0 Å². The van der Waals surface area contributed by atoms with E-state index in [0.717, 1.165) is 29.9 Å². The topological polar surface area (TPSA) is 66.9 Å². The highest BCUT2D eigenvalue weighted by Gasteiger charge is 2.30. The molecule has 1 fully saturated rings. The summed E-state index contributed by atoms with van der Waals surface area (Å²) < 4.78 is 38.2. The van der Waals surface area contributed by atoms with Crippen LogP contribution in [0.25, 0.3) is 11.3 Å². The molecule has 1 saturated heterocycles. The van der Waals surface area contributed by atoms with E-state index in [1.54, 1.807) is 12.1 Å². The summed E-state index contributed by atoms with van der Waals surface area (Å²) in [6.45, 7) is 2.18. The molecule has 0 saturated carbocycles. The van der Waals surface area contributed by atoms with Crippen molar-refractivity contribution in [2.75, 3.05) is 20.1 Å². The van der Waals surface area contributed by atoms with E-state index >= 15 is 0 Å².